The fourth-order valence-electron chi connectivity index (χ4n) is 3.42. The monoisotopic (exact) mass is 418 g/mol. The number of carbonyl (C=O) groups is 1. The van der Waals surface area contributed by atoms with Gasteiger partial charge in [-0.3, -0.25) is 9.10 Å². The van der Waals surface area contributed by atoms with E-state index < -0.39 is 16.1 Å². The van der Waals surface area contributed by atoms with Gasteiger partial charge in [-0.25, -0.2) is 8.42 Å². The lowest BCUT2D eigenvalue weighted by Crippen LogP contribution is -2.45. The topological polar surface area (TPSA) is 95.9 Å². The van der Waals surface area contributed by atoms with Crippen molar-refractivity contribution in [2.45, 2.75) is 42.7 Å². The van der Waals surface area contributed by atoms with Gasteiger partial charge in [-0.05, 0) is 55.3 Å². The largest absolute Gasteiger partial charge is 0.497 e. The van der Waals surface area contributed by atoms with Crippen LogP contribution in [0.4, 0.5) is 5.69 Å². The molecule has 0 unspecified atom stereocenters. The van der Waals surface area contributed by atoms with Gasteiger partial charge in [-0.2, -0.15) is 0 Å². The highest BCUT2D eigenvalue weighted by atomic mass is 32.2. The summed E-state index contributed by atoms with van der Waals surface area (Å²) in [7, 11) is -0.848. The van der Waals surface area contributed by atoms with Crippen molar-refractivity contribution < 1.29 is 23.1 Å². The maximum absolute atomic E-state index is 13.0. The van der Waals surface area contributed by atoms with Crippen LogP contribution >= 0.6 is 0 Å². The number of rotatable bonds is 6. The number of hydrogen-bond donors (Lipinski definition) is 2. The Labute approximate surface area is 171 Å². The third kappa shape index (κ3) is 4.71. The smallest absolute Gasteiger partial charge is 0.264 e. The van der Waals surface area contributed by atoms with Crippen molar-refractivity contribution in [1.82, 2.24) is 5.32 Å². The van der Waals surface area contributed by atoms with E-state index in [-0.39, 0.29) is 22.4 Å². The Hall–Kier alpha value is -2.58. The van der Waals surface area contributed by atoms with Gasteiger partial charge in [0.25, 0.3) is 15.9 Å². The molecule has 2 atom stereocenters. The van der Waals surface area contributed by atoms with Gasteiger partial charge >= 0.3 is 0 Å². The first-order valence-corrected chi connectivity index (χ1v) is 11.0. The second-order valence-electron chi connectivity index (χ2n) is 7.13. The van der Waals surface area contributed by atoms with Crippen LogP contribution in [-0.4, -0.2) is 45.7 Å². The van der Waals surface area contributed by atoms with Gasteiger partial charge in [0, 0.05) is 12.6 Å². The van der Waals surface area contributed by atoms with E-state index in [1.807, 2.05) is 0 Å². The summed E-state index contributed by atoms with van der Waals surface area (Å²) < 4.78 is 32.3. The van der Waals surface area contributed by atoms with E-state index in [2.05, 4.69) is 5.32 Å². The number of methoxy groups -OCH3 is 1. The molecule has 29 heavy (non-hydrogen) atoms. The summed E-state index contributed by atoms with van der Waals surface area (Å²) in [5, 5.41) is 12.9. The first kappa shape index (κ1) is 21.1. The van der Waals surface area contributed by atoms with Crippen molar-refractivity contribution in [1.29, 1.82) is 0 Å². The zero-order valence-corrected chi connectivity index (χ0v) is 17.4. The van der Waals surface area contributed by atoms with Crippen molar-refractivity contribution in [3.05, 3.63) is 54.1 Å². The summed E-state index contributed by atoms with van der Waals surface area (Å²) in [6, 6.07) is 12.3. The molecule has 2 aromatic carbocycles. The molecule has 0 saturated heterocycles. The van der Waals surface area contributed by atoms with Crippen LogP contribution in [-0.2, 0) is 10.0 Å². The number of aliphatic hydroxyl groups excluding tert-OH is 1. The van der Waals surface area contributed by atoms with Crippen LogP contribution in [0.15, 0.2) is 53.4 Å². The van der Waals surface area contributed by atoms with Crippen LogP contribution in [0.25, 0.3) is 0 Å². The molecule has 0 spiro atoms. The number of nitrogens with zero attached hydrogens (tertiary/aromatic N) is 1. The highest BCUT2D eigenvalue weighted by Gasteiger charge is 2.26. The molecule has 156 valence electrons. The minimum atomic E-state index is -3.85. The van der Waals surface area contributed by atoms with E-state index in [1.54, 1.807) is 43.5 Å². The van der Waals surface area contributed by atoms with Gasteiger partial charge < -0.3 is 15.2 Å². The van der Waals surface area contributed by atoms with Gasteiger partial charge in [0.05, 0.1) is 29.8 Å². The fraction of sp³-hybridized carbons (Fsp3) is 0.381. The Kier molecular flexibility index (Phi) is 6.44. The van der Waals surface area contributed by atoms with Crippen LogP contribution < -0.4 is 14.4 Å². The maximum atomic E-state index is 13.0. The van der Waals surface area contributed by atoms with Crippen molar-refractivity contribution in [2.75, 3.05) is 18.5 Å². The number of nitrogens with one attached hydrogen (secondary N) is 1. The quantitative estimate of drug-likeness (QED) is 0.752. The summed E-state index contributed by atoms with van der Waals surface area (Å²) in [5.41, 5.74) is 0.720. The third-order valence-corrected chi connectivity index (χ3v) is 7.02. The van der Waals surface area contributed by atoms with Crippen LogP contribution in [0.3, 0.4) is 0 Å². The van der Waals surface area contributed by atoms with Crippen LogP contribution in [0, 0.1) is 0 Å². The lowest BCUT2D eigenvalue weighted by molar-refractivity contribution is 0.0717. The van der Waals surface area contributed by atoms with E-state index in [1.165, 1.54) is 19.2 Å². The number of amides is 1. The summed E-state index contributed by atoms with van der Waals surface area (Å²) in [6.45, 7) is 0. The van der Waals surface area contributed by atoms with Crippen LogP contribution in [0.2, 0.25) is 0 Å². The molecule has 0 heterocycles. The minimum absolute atomic E-state index is 0.0210. The summed E-state index contributed by atoms with van der Waals surface area (Å²) in [6.07, 6.45) is 2.69. The lowest BCUT2D eigenvalue weighted by atomic mass is 9.92. The van der Waals surface area contributed by atoms with Crippen molar-refractivity contribution in [3.8, 4) is 5.75 Å². The average Bonchev–Trinajstić information content (AvgIpc) is 2.75. The van der Waals surface area contributed by atoms with E-state index in [4.69, 9.17) is 4.74 Å². The van der Waals surface area contributed by atoms with E-state index in [0.29, 0.717) is 24.3 Å². The Bertz CT molecular complexity index is 959. The summed E-state index contributed by atoms with van der Waals surface area (Å²) in [4.78, 5) is 12.6. The standard InChI is InChI=1S/C21H26N2O5S/c1-23(16-10-12-17(28-2)13-11-16)29(26,27)18-7-5-6-15(14-18)21(25)22-19-8-3-4-9-20(19)24/h5-7,10-14,19-20,24H,3-4,8-9H2,1-2H3,(H,22,25)/t19-,20-/m1/s1. The highest BCUT2D eigenvalue weighted by Crippen LogP contribution is 2.25. The molecule has 1 aliphatic carbocycles. The first-order chi connectivity index (χ1) is 13.8. The molecule has 0 aromatic heterocycles. The minimum Gasteiger partial charge on any atom is -0.497 e. The number of sulfonamides is 1. The zero-order valence-electron chi connectivity index (χ0n) is 16.5. The van der Waals surface area contributed by atoms with Crippen LogP contribution in [0.1, 0.15) is 36.0 Å². The van der Waals surface area contributed by atoms with Gasteiger partial charge in [0.15, 0.2) is 0 Å². The zero-order chi connectivity index (χ0) is 21.0. The van der Waals surface area contributed by atoms with Gasteiger partial charge in [0.2, 0.25) is 0 Å². The molecule has 0 bridgehead atoms. The van der Waals surface area contributed by atoms with Gasteiger partial charge in [0.1, 0.15) is 5.75 Å². The highest BCUT2D eigenvalue weighted by molar-refractivity contribution is 7.92. The number of carbonyl (C=O) groups excluding carboxylic acids is 1. The molecule has 0 aliphatic heterocycles. The van der Waals surface area contributed by atoms with E-state index in [9.17, 15) is 18.3 Å². The average molecular weight is 419 g/mol. The second kappa shape index (κ2) is 8.84. The maximum Gasteiger partial charge on any atom is 0.264 e. The number of hydrogen-bond acceptors (Lipinski definition) is 5. The number of anilines is 1. The van der Waals surface area contributed by atoms with Crippen molar-refractivity contribution in [2.24, 2.45) is 0 Å². The molecule has 0 radical (unpaired) electrons. The number of ether oxygens (including phenoxy) is 1. The Morgan fingerprint density at radius 2 is 1.83 bits per heavy atom. The molecule has 2 aromatic rings. The second-order valence-corrected chi connectivity index (χ2v) is 9.10. The Morgan fingerprint density at radius 3 is 2.48 bits per heavy atom. The van der Waals surface area contributed by atoms with E-state index >= 15 is 0 Å². The molecule has 7 nitrogen and oxygen atoms in total. The summed E-state index contributed by atoms with van der Waals surface area (Å²) >= 11 is 0. The normalized spacial score (nSPS) is 19.4. The van der Waals surface area contributed by atoms with Crippen LogP contribution in [0.5, 0.6) is 5.75 Å². The van der Waals surface area contributed by atoms with E-state index in [0.717, 1.165) is 17.1 Å². The molecule has 1 aliphatic rings. The molecule has 1 amide bonds. The van der Waals surface area contributed by atoms with Crippen molar-refractivity contribution in [3.63, 3.8) is 0 Å². The molecular weight excluding hydrogens is 392 g/mol. The molecule has 8 heteroatoms. The molecule has 1 fully saturated rings. The molecule has 3 rings (SSSR count). The fourth-order valence-corrected chi connectivity index (χ4v) is 4.66. The Morgan fingerprint density at radius 1 is 1.14 bits per heavy atom. The predicted molar refractivity (Wildman–Crippen MR) is 111 cm³/mol. The third-order valence-electron chi connectivity index (χ3n) is 5.24. The number of benzene rings is 2. The lowest BCUT2D eigenvalue weighted by Gasteiger charge is -2.28. The van der Waals surface area contributed by atoms with Gasteiger partial charge in [-0.15, -0.1) is 0 Å². The first-order valence-electron chi connectivity index (χ1n) is 9.55. The predicted octanol–water partition coefficient (Wildman–Crippen LogP) is 2.55. The number of aliphatic hydroxyl groups is 1. The molecule has 2 N–H and O–H groups in total. The Balaban J connectivity index is 1.80. The van der Waals surface area contributed by atoms with Gasteiger partial charge in [-0.1, -0.05) is 18.9 Å². The SMILES string of the molecule is COc1ccc(N(C)S(=O)(=O)c2cccc(C(=O)N[C@@H]3CCCC[C@H]3O)c2)cc1. The molecule has 1 saturated carbocycles. The van der Waals surface area contributed by atoms with Crippen molar-refractivity contribution >= 4 is 21.6 Å². The molecular formula is C21H26N2O5S. The summed E-state index contributed by atoms with van der Waals surface area (Å²) in [5.74, 6) is 0.239.